The fourth-order valence-electron chi connectivity index (χ4n) is 3.13. The van der Waals surface area contributed by atoms with E-state index in [0.29, 0.717) is 18.9 Å². The van der Waals surface area contributed by atoms with Crippen LogP contribution in [0.3, 0.4) is 0 Å². The van der Waals surface area contributed by atoms with Crippen molar-refractivity contribution in [1.82, 2.24) is 4.90 Å². The number of aryl methyl sites for hydroxylation is 1. The van der Waals surface area contributed by atoms with Gasteiger partial charge in [-0.25, -0.2) is 4.39 Å². The number of hydrogen-bond donors (Lipinski definition) is 0. The molecule has 1 atom stereocenters. The van der Waals surface area contributed by atoms with Gasteiger partial charge in [-0.2, -0.15) is 0 Å². The largest absolute Gasteiger partial charge is 0.303 e. The van der Waals surface area contributed by atoms with Gasteiger partial charge >= 0.3 is 0 Å². The third-order valence-corrected chi connectivity index (χ3v) is 5.36. The second-order valence-electron chi connectivity index (χ2n) is 7.27. The van der Waals surface area contributed by atoms with Crippen LogP contribution in [0.4, 0.5) is 4.39 Å². The molecule has 0 bridgehead atoms. The van der Waals surface area contributed by atoms with E-state index >= 15 is 0 Å². The van der Waals surface area contributed by atoms with Crippen molar-refractivity contribution < 1.29 is 4.39 Å². The van der Waals surface area contributed by atoms with Crippen LogP contribution in [-0.2, 0) is 18.5 Å². The Labute approximate surface area is 145 Å². The van der Waals surface area contributed by atoms with E-state index in [1.807, 2.05) is 12.1 Å². The molecule has 2 heteroatoms. The Bertz CT molecular complexity index is 631. The maximum atomic E-state index is 14.0. The zero-order valence-electron chi connectivity index (χ0n) is 14.8. The highest BCUT2D eigenvalue weighted by Crippen LogP contribution is 2.49. The number of benzene rings is 2. The summed E-state index contributed by atoms with van der Waals surface area (Å²) in [5.41, 5.74) is 2.56. The molecule has 1 nitrogen and oxygen atoms in total. The summed E-state index contributed by atoms with van der Waals surface area (Å²) in [5.74, 6) is 0. The van der Waals surface area contributed by atoms with E-state index in [2.05, 4.69) is 61.3 Å². The molecule has 0 N–H and O–H groups in total. The SMILES string of the molecule is CC(CCc1ccc(C2(F)CC2)cc1)N(C)CCc1ccccc1. The van der Waals surface area contributed by atoms with Crippen molar-refractivity contribution >= 4 is 0 Å². The quantitative estimate of drug-likeness (QED) is 0.649. The Balaban J connectivity index is 1.43. The molecular formula is C22H28FN. The highest BCUT2D eigenvalue weighted by atomic mass is 19.1. The van der Waals surface area contributed by atoms with Gasteiger partial charge in [0, 0.05) is 12.6 Å². The Morgan fingerprint density at radius 1 is 0.958 bits per heavy atom. The Morgan fingerprint density at radius 2 is 1.58 bits per heavy atom. The lowest BCUT2D eigenvalue weighted by Crippen LogP contribution is -2.31. The lowest BCUT2D eigenvalue weighted by Gasteiger charge is -2.24. The molecule has 0 amide bonds. The van der Waals surface area contributed by atoms with Crippen LogP contribution in [0.5, 0.6) is 0 Å². The molecule has 0 aliphatic heterocycles. The van der Waals surface area contributed by atoms with Crippen LogP contribution >= 0.6 is 0 Å². The summed E-state index contributed by atoms with van der Waals surface area (Å²) in [4.78, 5) is 2.43. The number of likely N-dealkylation sites (N-methyl/N-ethyl adjacent to an activating group) is 1. The fraction of sp³-hybridized carbons (Fsp3) is 0.455. The van der Waals surface area contributed by atoms with Crippen LogP contribution < -0.4 is 0 Å². The summed E-state index contributed by atoms with van der Waals surface area (Å²) in [7, 11) is 2.21. The summed E-state index contributed by atoms with van der Waals surface area (Å²) in [6.07, 6.45) is 4.65. The van der Waals surface area contributed by atoms with E-state index in [1.54, 1.807) is 0 Å². The van der Waals surface area contributed by atoms with E-state index in [4.69, 9.17) is 0 Å². The number of rotatable bonds is 8. The van der Waals surface area contributed by atoms with Crippen molar-refractivity contribution in [1.29, 1.82) is 0 Å². The second-order valence-corrected chi connectivity index (χ2v) is 7.27. The van der Waals surface area contributed by atoms with Gasteiger partial charge in [0.2, 0.25) is 0 Å². The fourth-order valence-corrected chi connectivity index (χ4v) is 3.13. The molecule has 3 rings (SSSR count). The summed E-state index contributed by atoms with van der Waals surface area (Å²) < 4.78 is 14.0. The van der Waals surface area contributed by atoms with Crippen molar-refractivity contribution in [2.24, 2.45) is 0 Å². The summed E-state index contributed by atoms with van der Waals surface area (Å²) in [5, 5.41) is 0. The van der Waals surface area contributed by atoms with E-state index in [0.717, 1.165) is 31.4 Å². The molecule has 1 fully saturated rings. The van der Waals surface area contributed by atoms with Crippen molar-refractivity contribution in [2.45, 2.75) is 50.7 Å². The van der Waals surface area contributed by atoms with E-state index in [1.165, 1.54) is 11.1 Å². The standard InChI is InChI=1S/C22H28FN/c1-18(24(2)17-14-19-6-4-3-5-7-19)8-9-20-10-12-21(13-11-20)22(23)15-16-22/h3-7,10-13,18H,8-9,14-17H2,1-2H3. The highest BCUT2D eigenvalue weighted by Gasteiger charge is 2.44. The Kier molecular flexibility index (Phi) is 5.35. The van der Waals surface area contributed by atoms with Gasteiger partial charge in [-0.3, -0.25) is 0 Å². The third-order valence-electron chi connectivity index (χ3n) is 5.36. The van der Waals surface area contributed by atoms with Gasteiger partial charge in [0.15, 0.2) is 0 Å². The molecule has 0 radical (unpaired) electrons. The first-order chi connectivity index (χ1) is 11.6. The third kappa shape index (κ3) is 4.45. The summed E-state index contributed by atoms with van der Waals surface area (Å²) in [6.45, 7) is 3.37. The maximum Gasteiger partial charge on any atom is 0.136 e. The first kappa shape index (κ1) is 17.2. The zero-order chi connectivity index (χ0) is 17.0. The molecule has 2 aromatic rings. The Morgan fingerprint density at radius 3 is 2.21 bits per heavy atom. The van der Waals surface area contributed by atoms with Gasteiger partial charge in [0.25, 0.3) is 0 Å². The molecule has 128 valence electrons. The molecule has 1 unspecified atom stereocenters. The Hall–Kier alpha value is -1.67. The minimum atomic E-state index is -1.01. The summed E-state index contributed by atoms with van der Waals surface area (Å²) >= 11 is 0. The van der Waals surface area contributed by atoms with Crippen molar-refractivity contribution in [2.75, 3.05) is 13.6 Å². The molecule has 1 saturated carbocycles. The molecule has 2 aromatic carbocycles. The van der Waals surface area contributed by atoms with E-state index in [-0.39, 0.29) is 0 Å². The molecule has 0 spiro atoms. The zero-order valence-corrected chi connectivity index (χ0v) is 14.8. The predicted molar refractivity (Wildman–Crippen MR) is 99.0 cm³/mol. The van der Waals surface area contributed by atoms with Crippen LogP contribution in [0.25, 0.3) is 0 Å². The molecular weight excluding hydrogens is 297 g/mol. The highest BCUT2D eigenvalue weighted by molar-refractivity contribution is 5.31. The van der Waals surface area contributed by atoms with Crippen molar-refractivity contribution in [3.05, 3.63) is 71.3 Å². The lowest BCUT2D eigenvalue weighted by molar-refractivity contribution is 0.249. The lowest BCUT2D eigenvalue weighted by atomic mass is 10.0. The topological polar surface area (TPSA) is 3.24 Å². The minimum Gasteiger partial charge on any atom is -0.303 e. The van der Waals surface area contributed by atoms with Gasteiger partial charge in [-0.15, -0.1) is 0 Å². The second kappa shape index (κ2) is 7.48. The van der Waals surface area contributed by atoms with Gasteiger partial charge < -0.3 is 4.90 Å². The first-order valence-corrected chi connectivity index (χ1v) is 9.09. The number of alkyl halides is 1. The van der Waals surface area contributed by atoms with Crippen LogP contribution in [0, 0.1) is 0 Å². The van der Waals surface area contributed by atoms with Crippen LogP contribution in [0.15, 0.2) is 54.6 Å². The summed E-state index contributed by atoms with van der Waals surface area (Å²) in [6, 6.07) is 19.4. The molecule has 24 heavy (non-hydrogen) atoms. The molecule has 1 aliphatic rings. The molecule has 0 heterocycles. The van der Waals surface area contributed by atoms with Gasteiger partial charge in [-0.05, 0) is 62.8 Å². The number of nitrogens with zero attached hydrogens (tertiary/aromatic N) is 1. The van der Waals surface area contributed by atoms with Gasteiger partial charge in [-0.1, -0.05) is 54.6 Å². The number of halogens is 1. The monoisotopic (exact) mass is 325 g/mol. The van der Waals surface area contributed by atoms with Crippen molar-refractivity contribution in [3.8, 4) is 0 Å². The van der Waals surface area contributed by atoms with Gasteiger partial charge in [0.05, 0.1) is 0 Å². The molecule has 0 aromatic heterocycles. The van der Waals surface area contributed by atoms with E-state index < -0.39 is 5.67 Å². The average Bonchev–Trinajstić information content (AvgIpc) is 3.37. The smallest absolute Gasteiger partial charge is 0.136 e. The first-order valence-electron chi connectivity index (χ1n) is 9.09. The maximum absolute atomic E-state index is 14.0. The average molecular weight is 325 g/mol. The normalized spacial score (nSPS) is 17.0. The van der Waals surface area contributed by atoms with Crippen LogP contribution in [-0.4, -0.2) is 24.5 Å². The van der Waals surface area contributed by atoms with Crippen molar-refractivity contribution in [3.63, 3.8) is 0 Å². The minimum absolute atomic E-state index is 0.546. The molecule has 0 saturated heterocycles. The number of hydrogen-bond acceptors (Lipinski definition) is 1. The van der Waals surface area contributed by atoms with E-state index in [9.17, 15) is 4.39 Å². The molecule has 1 aliphatic carbocycles. The van der Waals surface area contributed by atoms with Gasteiger partial charge in [0.1, 0.15) is 5.67 Å². The van der Waals surface area contributed by atoms with Crippen LogP contribution in [0.1, 0.15) is 42.9 Å². The van der Waals surface area contributed by atoms with Crippen LogP contribution in [0.2, 0.25) is 0 Å². The predicted octanol–water partition coefficient (Wildman–Crippen LogP) is 5.14.